The molecule has 1 heterocycles. The smallest absolute Gasteiger partial charge is 0.272 e. The Balaban J connectivity index is 2.16. The van der Waals surface area contributed by atoms with Crippen molar-refractivity contribution in [3.8, 4) is 5.69 Å². The topological polar surface area (TPSA) is 46.9 Å². The van der Waals surface area contributed by atoms with E-state index in [0.29, 0.717) is 5.69 Å². The van der Waals surface area contributed by atoms with E-state index >= 15 is 0 Å². The number of carbonyl (C=O) groups is 1. The second kappa shape index (κ2) is 5.26. The number of rotatable bonds is 4. The average molecular weight is 257 g/mol. The van der Waals surface area contributed by atoms with Crippen LogP contribution in [0.15, 0.2) is 42.6 Å². The molecule has 0 aliphatic rings. The first-order chi connectivity index (χ1) is 9.02. The highest BCUT2D eigenvalue weighted by Gasteiger charge is 2.20. The van der Waals surface area contributed by atoms with Crippen molar-refractivity contribution in [2.75, 3.05) is 0 Å². The summed E-state index contributed by atoms with van der Waals surface area (Å²) in [5.74, 6) is -0.137. The van der Waals surface area contributed by atoms with Crippen LogP contribution >= 0.6 is 0 Å². The van der Waals surface area contributed by atoms with Crippen LogP contribution in [0, 0.1) is 0 Å². The van der Waals surface area contributed by atoms with Gasteiger partial charge < -0.3 is 5.32 Å². The Morgan fingerprint density at radius 2 is 1.95 bits per heavy atom. The number of benzene rings is 1. The summed E-state index contributed by atoms with van der Waals surface area (Å²) < 4.78 is 1.70. The van der Waals surface area contributed by atoms with E-state index in [4.69, 9.17) is 0 Å². The fourth-order valence-electron chi connectivity index (χ4n) is 1.63. The molecule has 0 unspecified atom stereocenters. The van der Waals surface area contributed by atoms with Gasteiger partial charge in [0, 0.05) is 11.7 Å². The van der Waals surface area contributed by atoms with Crippen LogP contribution in [-0.2, 0) is 0 Å². The van der Waals surface area contributed by atoms with Crippen LogP contribution in [0.1, 0.15) is 37.7 Å². The lowest BCUT2D eigenvalue weighted by Gasteiger charge is -2.23. The molecule has 1 N–H and O–H groups in total. The summed E-state index contributed by atoms with van der Waals surface area (Å²) in [7, 11) is 0. The number of hydrogen-bond donors (Lipinski definition) is 1. The summed E-state index contributed by atoms with van der Waals surface area (Å²) in [4.78, 5) is 12.1. The zero-order valence-electron chi connectivity index (χ0n) is 11.6. The third-order valence-corrected chi connectivity index (χ3v) is 3.18. The van der Waals surface area contributed by atoms with Crippen molar-refractivity contribution in [1.82, 2.24) is 15.1 Å². The summed E-state index contributed by atoms with van der Waals surface area (Å²) in [6, 6.07) is 11.5. The first-order valence-electron chi connectivity index (χ1n) is 6.45. The van der Waals surface area contributed by atoms with Gasteiger partial charge in [-0.2, -0.15) is 5.10 Å². The van der Waals surface area contributed by atoms with E-state index in [9.17, 15) is 4.79 Å². The monoisotopic (exact) mass is 257 g/mol. The van der Waals surface area contributed by atoms with Crippen LogP contribution in [0.5, 0.6) is 0 Å². The largest absolute Gasteiger partial charge is 0.346 e. The van der Waals surface area contributed by atoms with Crippen molar-refractivity contribution in [2.45, 2.75) is 32.7 Å². The number of aromatic nitrogens is 2. The first kappa shape index (κ1) is 13.3. The fraction of sp³-hybridized carbons (Fsp3) is 0.333. The van der Waals surface area contributed by atoms with E-state index in [1.54, 1.807) is 16.9 Å². The number of nitrogens with one attached hydrogen (secondary N) is 1. The molecule has 0 radical (unpaired) electrons. The molecule has 4 nitrogen and oxygen atoms in total. The molecule has 0 saturated heterocycles. The van der Waals surface area contributed by atoms with Gasteiger partial charge >= 0.3 is 0 Å². The molecule has 0 bridgehead atoms. The van der Waals surface area contributed by atoms with Crippen LogP contribution in [0.2, 0.25) is 0 Å². The quantitative estimate of drug-likeness (QED) is 0.915. The number of carbonyl (C=O) groups excluding carboxylic acids is 1. The van der Waals surface area contributed by atoms with Crippen molar-refractivity contribution in [1.29, 1.82) is 0 Å². The predicted molar refractivity (Wildman–Crippen MR) is 75.4 cm³/mol. The molecule has 0 aliphatic heterocycles. The summed E-state index contributed by atoms with van der Waals surface area (Å²) in [6.45, 7) is 6.04. The van der Waals surface area contributed by atoms with Gasteiger partial charge in [0.15, 0.2) is 5.69 Å². The zero-order chi connectivity index (χ0) is 13.9. The van der Waals surface area contributed by atoms with E-state index < -0.39 is 0 Å². The van der Waals surface area contributed by atoms with Gasteiger partial charge in [0.05, 0.1) is 5.69 Å². The molecule has 1 aromatic heterocycles. The Morgan fingerprint density at radius 3 is 2.58 bits per heavy atom. The van der Waals surface area contributed by atoms with E-state index in [1.807, 2.05) is 51.1 Å². The molecule has 0 aliphatic carbocycles. The highest BCUT2D eigenvalue weighted by atomic mass is 16.2. The highest BCUT2D eigenvalue weighted by Crippen LogP contribution is 2.10. The maximum atomic E-state index is 12.1. The number of amides is 1. The van der Waals surface area contributed by atoms with E-state index in [-0.39, 0.29) is 11.4 Å². The Labute approximate surface area is 113 Å². The molecule has 0 spiro atoms. The summed E-state index contributed by atoms with van der Waals surface area (Å²) in [5.41, 5.74) is 1.16. The Hall–Kier alpha value is -2.10. The molecule has 2 rings (SSSR count). The van der Waals surface area contributed by atoms with Gasteiger partial charge in [-0.1, -0.05) is 25.1 Å². The lowest BCUT2D eigenvalue weighted by Crippen LogP contribution is -2.42. The van der Waals surface area contributed by atoms with E-state index in [0.717, 1.165) is 12.1 Å². The number of nitrogens with zero attached hydrogens (tertiary/aromatic N) is 2. The van der Waals surface area contributed by atoms with Crippen LogP contribution < -0.4 is 5.32 Å². The second-order valence-corrected chi connectivity index (χ2v) is 5.17. The first-order valence-corrected chi connectivity index (χ1v) is 6.45. The summed E-state index contributed by atoms with van der Waals surface area (Å²) in [6.07, 6.45) is 2.67. The van der Waals surface area contributed by atoms with Crippen molar-refractivity contribution < 1.29 is 4.79 Å². The van der Waals surface area contributed by atoms with Crippen molar-refractivity contribution in [3.05, 3.63) is 48.3 Å². The predicted octanol–water partition coefficient (Wildman–Crippen LogP) is 2.79. The maximum absolute atomic E-state index is 12.1. The lowest BCUT2D eigenvalue weighted by atomic mass is 10.0. The standard InChI is InChI=1S/C15H19N3O/c1-4-15(2,3)16-14(19)13-10-11-18(17-13)12-8-6-5-7-9-12/h5-11H,4H2,1-3H3,(H,16,19). The van der Waals surface area contributed by atoms with Crippen LogP contribution in [-0.4, -0.2) is 21.2 Å². The molecule has 0 atom stereocenters. The molecule has 4 heteroatoms. The molecule has 19 heavy (non-hydrogen) atoms. The zero-order valence-corrected chi connectivity index (χ0v) is 11.6. The highest BCUT2D eigenvalue weighted by molar-refractivity contribution is 5.92. The normalized spacial score (nSPS) is 11.3. The molecule has 1 aromatic carbocycles. The third-order valence-electron chi connectivity index (χ3n) is 3.18. The van der Waals surface area contributed by atoms with Crippen LogP contribution in [0.25, 0.3) is 5.69 Å². The van der Waals surface area contributed by atoms with Crippen LogP contribution in [0.4, 0.5) is 0 Å². The molecule has 1 amide bonds. The molecule has 0 fully saturated rings. The van der Waals surface area contributed by atoms with Crippen molar-refractivity contribution in [2.24, 2.45) is 0 Å². The maximum Gasteiger partial charge on any atom is 0.272 e. The van der Waals surface area contributed by atoms with Crippen molar-refractivity contribution in [3.63, 3.8) is 0 Å². The third kappa shape index (κ3) is 3.22. The Morgan fingerprint density at radius 1 is 1.26 bits per heavy atom. The van der Waals surface area contributed by atoms with Gasteiger partial charge in [-0.3, -0.25) is 4.79 Å². The summed E-state index contributed by atoms with van der Waals surface area (Å²) >= 11 is 0. The van der Waals surface area contributed by atoms with Gasteiger partial charge in [0.25, 0.3) is 5.91 Å². The average Bonchev–Trinajstić information content (AvgIpc) is 2.89. The van der Waals surface area contributed by atoms with Gasteiger partial charge in [-0.25, -0.2) is 4.68 Å². The lowest BCUT2D eigenvalue weighted by molar-refractivity contribution is 0.0905. The second-order valence-electron chi connectivity index (χ2n) is 5.17. The minimum Gasteiger partial charge on any atom is -0.346 e. The number of para-hydroxylation sites is 1. The minimum atomic E-state index is -0.215. The van der Waals surface area contributed by atoms with E-state index in [2.05, 4.69) is 10.4 Å². The molecule has 100 valence electrons. The van der Waals surface area contributed by atoms with Gasteiger partial charge in [-0.15, -0.1) is 0 Å². The van der Waals surface area contributed by atoms with Gasteiger partial charge in [0.1, 0.15) is 0 Å². The SMILES string of the molecule is CCC(C)(C)NC(=O)c1ccn(-c2ccccc2)n1. The molecule has 0 saturated carbocycles. The van der Waals surface area contributed by atoms with Crippen LogP contribution in [0.3, 0.4) is 0 Å². The Kier molecular flexibility index (Phi) is 3.69. The summed E-state index contributed by atoms with van der Waals surface area (Å²) in [5, 5.41) is 7.28. The minimum absolute atomic E-state index is 0.137. The molecular weight excluding hydrogens is 238 g/mol. The molecule has 2 aromatic rings. The number of hydrogen-bond acceptors (Lipinski definition) is 2. The van der Waals surface area contributed by atoms with E-state index in [1.165, 1.54) is 0 Å². The van der Waals surface area contributed by atoms with Gasteiger partial charge in [-0.05, 0) is 38.5 Å². The Bertz CT molecular complexity index is 558. The molecular formula is C15H19N3O. The van der Waals surface area contributed by atoms with Crippen molar-refractivity contribution >= 4 is 5.91 Å². The van der Waals surface area contributed by atoms with Gasteiger partial charge in [0.2, 0.25) is 0 Å². The fourth-order valence-corrected chi connectivity index (χ4v) is 1.63.